The fourth-order valence-electron chi connectivity index (χ4n) is 3.34. The number of halogens is 2. The number of amides is 2. The van der Waals surface area contributed by atoms with E-state index in [2.05, 4.69) is 5.32 Å². The summed E-state index contributed by atoms with van der Waals surface area (Å²) in [6.07, 6.45) is 1.50. The molecular weight excluding hydrogens is 485 g/mol. The van der Waals surface area contributed by atoms with E-state index in [1.54, 1.807) is 62.4 Å². The number of hydrogen-bond acceptors (Lipinski definition) is 4. The van der Waals surface area contributed by atoms with Crippen molar-refractivity contribution in [2.45, 2.75) is 39.3 Å². The molecule has 0 saturated heterocycles. The fourth-order valence-corrected chi connectivity index (χ4v) is 4.62. The van der Waals surface area contributed by atoms with Crippen LogP contribution in [-0.4, -0.2) is 50.5 Å². The van der Waals surface area contributed by atoms with Crippen LogP contribution in [0.1, 0.15) is 32.3 Å². The minimum Gasteiger partial charge on any atom is -0.355 e. The maximum atomic E-state index is 13.1. The predicted molar refractivity (Wildman–Crippen MR) is 133 cm³/mol. The molecule has 0 saturated carbocycles. The predicted octanol–water partition coefficient (Wildman–Crippen LogP) is 4.09. The van der Waals surface area contributed by atoms with E-state index < -0.39 is 16.1 Å². The number of carbonyl (C=O) groups is 2. The summed E-state index contributed by atoms with van der Waals surface area (Å²) in [4.78, 5) is 27.1. The van der Waals surface area contributed by atoms with Gasteiger partial charge in [-0.3, -0.25) is 13.9 Å². The summed E-state index contributed by atoms with van der Waals surface area (Å²) in [6.45, 7) is 4.22. The zero-order valence-electron chi connectivity index (χ0n) is 18.9. The molecule has 0 aliphatic heterocycles. The molecule has 0 heterocycles. The minimum atomic E-state index is -3.51. The van der Waals surface area contributed by atoms with E-state index in [1.165, 1.54) is 9.21 Å². The molecule has 10 heteroatoms. The maximum Gasteiger partial charge on any atom is 0.242 e. The van der Waals surface area contributed by atoms with Crippen molar-refractivity contribution in [3.8, 4) is 0 Å². The molecule has 7 nitrogen and oxygen atoms in total. The number of nitrogens with zero attached hydrogens (tertiary/aromatic N) is 2. The third-order valence-electron chi connectivity index (χ3n) is 5.05. The van der Waals surface area contributed by atoms with Gasteiger partial charge in [-0.1, -0.05) is 47.5 Å². The molecule has 2 rings (SSSR count). The Bertz CT molecular complexity index is 1060. The van der Waals surface area contributed by atoms with Crippen molar-refractivity contribution < 1.29 is 18.0 Å². The van der Waals surface area contributed by atoms with Crippen molar-refractivity contribution in [1.29, 1.82) is 0 Å². The largest absolute Gasteiger partial charge is 0.355 e. The molecule has 2 amide bonds. The molecule has 1 N–H and O–H groups in total. The Morgan fingerprint density at radius 1 is 1.06 bits per heavy atom. The second kappa shape index (κ2) is 12.3. The molecule has 0 aromatic heterocycles. The third-order valence-corrected chi connectivity index (χ3v) is 6.98. The van der Waals surface area contributed by atoms with Gasteiger partial charge in [-0.2, -0.15) is 0 Å². The topological polar surface area (TPSA) is 86.8 Å². The van der Waals surface area contributed by atoms with Gasteiger partial charge >= 0.3 is 0 Å². The van der Waals surface area contributed by atoms with E-state index in [1.807, 2.05) is 0 Å². The SMILES string of the molecule is CCNC(=O)[C@@H](C)N(Cc1ccc(Cl)c(Cl)c1)C(=O)CCCN(c1ccccc1)S(C)(=O)=O. The minimum absolute atomic E-state index is 0.0733. The number of benzene rings is 2. The van der Waals surface area contributed by atoms with Gasteiger partial charge in [0.1, 0.15) is 6.04 Å². The van der Waals surface area contributed by atoms with Crippen molar-refractivity contribution in [3.05, 3.63) is 64.1 Å². The standard InChI is InChI=1S/C23H29Cl2N3O4S/c1-4-26-23(30)17(2)27(16-18-12-13-20(24)21(25)15-18)22(29)11-8-14-28(33(3,31)32)19-9-6-5-7-10-19/h5-7,9-10,12-13,15,17H,4,8,11,14,16H2,1-3H3,(H,26,30)/t17-/m1/s1. The summed E-state index contributed by atoms with van der Waals surface area (Å²) < 4.78 is 25.8. The quantitative estimate of drug-likeness (QED) is 0.490. The Morgan fingerprint density at radius 2 is 1.73 bits per heavy atom. The highest BCUT2D eigenvalue weighted by molar-refractivity contribution is 7.92. The molecule has 2 aromatic rings. The van der Waals surface area contributed by atoms with E-state index >= 15 is 0 Å². The lowest BCUT2D eigenvalue weighted by Crippen LogP contribution is -2.47. The summed E-state index contributed by atoms with van der Waals surface area (Å²) in [5, 5.41) is 3.50. The summed E-state index contributed by atoms with van der Waals surface area (Å²) >= 11 is 12.1. The molecule has 0 aliphatic carbocycles. The number of hydrogen-bond donors (Lipinski definition) is 1. The molecule has 0 aliphatic rings. The third kappa shape index (κ3) is 7.91. The summed E-state index contributed by atoms with van der Waals surface area (Å²) in [7, 11) is -3.51. The molecule has 180 valence electrons. The lowest BCUT2D eigenvalue weighted by molar-refractivity contribution is -0.140. The fraction of sp³-hybridized carbons (Fsp3) is 0.391. The molecule has 0 radical (unpaired) electrons. The molecule has 0 spiro atoms. The number of likely N-dealkylation sites (N-methyl/N-ethyl adjacent to an activating group) is 1. The second-order valence-corrected chi connectivity index (χ2v) is 10.3. The average molecular weight is 514 g/mol. The van der Waals surface area contributed by atoms with E-state index in [4.69, 9.17) is 23.2 Å². The van der Waals surface area contributed by atoms with Gasteiger partial charge in [-0.25, -0.2) is 8.42 Å². The average Bonchev–Trinajstić information content (AvgIpc) is 2.76. The highest BCUT2D eigenvalue weighted by Crippen LogP contribution is 2.24. The van der Waals surface area contributed by atoms with Gasteiger partial charge < -0.3 is 10.2 Å². The Morgan fingerprint density at radius 3 is 2.30 bits per heavy atom. The lowest BCUT2D eigenvalue weighted by atomic mass is 10.1. The highest BCUT2D eigenvalue weighted by Gasteiger charge is 2.26. The zero-order chi connectivity index (χ0) is 24.6. The van der Waals surface area contributed by atoms with Crippen LogP contribution in [-0.2, 0) is 26.2 Å². The Hall–Kier alpha value is -2.29. The maximum absolute atomic E-state index is 13.1. The van der Waals surface area contributed by atoms with Gasteiger partial charge in [-0.15, -0.1) is 0 Å². The van der Waals surface area contributed by atoms with Crippen molar-refractivity contribution in [2.75, 3.05) is 23.7 Å². The van der Waals surface area contributed by atoms with Crippen molar-refractivity contribution >= 4 is 50.7 Å². The highest BCUT2D eigenvalue weighted by atomic mass is 35.5. The number of sulfonamides is 1. The second-order valence-electron chi connectivity index (χ2n) is 7.61. The Kier molecular flexibility index (Phi) is 10.0. The molecule has 0 fully saturated rings. The molecule has 0 bridgehead atoms. The first-order valence-corrected chi connectivity index (χ1v) is 13.2. The van der Waals surface area contributed by atoms with Crippen LogP contribution in [0.4, 0.5) is 5.69 Å². The number of carbonyl (C=O) groups excluding carboxylic acids is 2. The van der Waals surface area contributed by atoms with Crippen LogP contribution in [0.25, 0.3) is 0 Å². The molecule has 2 aromatic carbocycles. The number of nitrogens with one attached hydrogen (secondary N) is 1. The van der Waals surface area contributed by atoms with E-state index in [0.29, 0.717) is 28.7 Å². The first-order chi connectivity index (χ1) is 15.5. The van der Waals surface area contributed by atoms with Crippen LogP contribution in [0.2, 0.25) is 10.0 Å². The van der Waals surface area contributed by atoms with Crippen molar-refractivity contribution in [1.82, 2.24) is 10.2 Å². The van der Waals surface area contributed by atoms with E-state index in [-0.39, 0.29) is 31.3 Å². The zero-order valence-corrected chi connectivity index (χ0v) is 21.3. The number of rotatable bonds is 11. The van der Waals surface area contributed by atoms with Crippen LogP contribution >= 0.6 is 23.2 Å². The van der Waals surface area contributed by atoms with Gasteiger partial charge in [0.2, 0.25) is 21.8 Å². The van der Waals surface area contributed by atoms with Gasteiger partial charge in [-0.05, 0) is 50.1 Å². The summed E-state index contributed by atoms with van der Waals surface area (Å²) in [5.74, 6) is -0.533. The van der Waals surface area contributed by atoms with Crippen LogP contribution in [0.15, 0.2) is 48.5 Å². The normalized spacial score (nSPS) is 12.2. The van der Waals surface area contributed by atoms with Gasteiger partial charge in [0, 0.05) is 26.1 Å². The molecule has 33 heavy (non-hydrogen) atoms. The Balaban J connectivity index is 2.16. The van der Waals surface area contributed by atoms with E-state index in [9.17, 15) is 18.0 Å². The van der Waals surface area contributed by atoms with Crippen LogP contribution < -0.4 is 9.62 Å². The Labute approximate surface area is 205 Å². The van der Waals surface area contributed by atoms with Gasteiger partial charge in [0.05, 0.1) is 22.0 Å². The first-order valence-electron chi connectivity index (χ1n) is 10.6. The molecular formula is C23H29Cl2N3O4S. The molecule has 0 unspecified atom stereocenters. The van der Waals surface area contributed by atoms with E-state index in [0.717, 1.165) is 11.8 Å². The van der Waals surface area contributed by atoms with Crippen LogP contribution in [0.5, 0.6) is 0 Å². The molecule has 1 atom stereocenters. The van der Waals surface area contributed by atoms with Crippen LogP contribution in [0, 0.1) is 0 Å². The van der Waals surface area contributed by atoms with Crippen LogP contribution in [0.3, 0.4) is 0 Å². The smallest absolute Gasteiger partial charge is 0.242 e. The van der Waals surface area contributed by atoms with Crippen molar-refractivity contribution in [3.63, 3.8) is 0 Å². The van der Waals surface area contributed by atoms with Gasteiger partial charge in [0.25, 0.3) is 0 Å². The number of para-hydroxylation sites is 1. The first kappa shape index (κ1) is 27.0. The summed E-state index contributed by atoms with van der Waals surface area (Å²) in [5.41, 5.74) is 1.27. The summed E-state index contributed by atoms with van der Waals surface area (Å²) in [6, 6.07) is 13.1. The number of anilines is 1. The monoisotopic (exact) mass is 513 g/mol. The van der Waals surface area contributed by atoms with Gasteiger partial charge in [0.15, 0.2) is 0 Å². The lowest BCUT2D eigenvalue weighted by Gasteiger charge is -2.29. The van der Waals surface area contributed by atoms with Crippen molar-refractivity contribution in [2.24, 2.45) is 0 Å².